The first kappa shape index (κ1) is 20.2. The Morgan fingerprint density at radius 2 is 2.20 bits per heavy atom. The lowest BCUT2D eigenvalue weighted by atomic mass is 9.96. The molecule has 1 amide bonds. The summed E-state index contributed by atoms with van der Waals surface area (Å²) in [6.07, 6.45) is 7.70. The number of anilines is 2. The molecular weight excluding hydrogens is 382 g/mol. The van der Waals surface area contributed by atoms with Gasteiger partial charge in [0.1, 0.15) is 17.2 Å². The second-order valence-electron chi connectivity index (χ2n) is 7.80. The van der Waals surface area contributed by atoms with Gasteiger partial charge in [0.05, 0.1) is 30.2 Å². The van der Waals surface area contributed by atoms with Gasteiger partial charge in [-0.2, -0.15) is 0 Å². The number of nitrogens with zero attached hydrogens (tertiary/aromatic N) is 2. The van der Waals surface area contributed by atoms with E-state index in [-0.39, 0.29) is 17.1 Å². The van der Waals surface area contributed by atoms with Gasteiger partial charge < -0.3 is 30.4 Å². The van der Waals surface area contributed by atoms with Gasteiger partial charge in [-0.1, -0.05) is 6.92 Å². The van der Waals surface area contributed by atoms with Crippen molar-refractivity contribution < 1.29 is 14.3 Å². The molecule has 1 fully saturated rings. The van der Waals surface area contributed by atoms with Crippen LogP contribution in [0.1, 0.15) is 25.8 Å². The maximum Gasteiger partial charge on any atom is 0.261 e. The van der Waals surface area contributed by atoms with Crippen LogP contribution in [0.5, 0.6) is 5.75 Å². The second kappa shape index (κ2) is 8.31. The molecule has 0 aromatic heterocycles. The van der Waals surface area contributed by atoms with Crippen LogP contribution in [-0.2, 0) is 16.0 Å². The van der Waals surface area contributed by atoms with Crippen molar-refractivity contribution in [3.05, 3.63) is 41.4 Å². The topological polar surface area (TPSA) is 99.0 Å². The number of carbonyl (C=O) groups is 1. The Hall–Kier alpha value is -3.13. The molecule has 1 saturated heterocycles. The quantitative estimate of drug-likeness (QED) is 0.513. The summed E-state index contributed by atoms with van der Waals surface area (Å²) in [5.74, 6) is 0.834. The monoisotopic (exact) mass is 409 g/mol. The standard InChI is InChI=1S/C22H27N5O3/c1-3-22(2)13-15-11-17(18(12-19(15)30-22)27-7-9-29-10-8-27)26-21(28)16(14-23)20-24-5-4-6-25-20/h4-6,11-12,14,23-24H,3,7-10,13H2,1-2H3,(H,26,28)/b20-16-,23-14?. The summed E-state index contributed by atoms with van der Waals surface area (Å²) < 4.78 is 11.7. The van der Waals surface area contributed by atoms with Crippen molar-refractivity contribution in [1.29, 1.82) is 5.41 Å². The fraction of sp³-hybridized carbons (Fsp3) is 0.409. The van der Waals surface area contributed by atoms with Gasteiger partial charge in [0.2, 0.25) is 0 Å². The van der Waals surface area contributed by atoms with E-state index in [1.54, 1.807) is 18.5 Å². The highest BCUT2D eigenvalue weighted by molar-refractivity contribution is 6.18. The third-order valence-corrected chi connectivity index (χ3v) is 5.70. The fourth-order valence-electron chi connectivity index (χ4n) is 3.82. The molecule has 3 aliphatic rings. The first-order chi connectivity index (χ1) is 14.5. The van der Waals surface area contributed by atoms with Gasteiger partial charge in [0.25, 0.3) is 5.91 Å². The lowest BCUT2D eigenvalue weighted by Gasteiger charge is -2.31. The van der Waals surface area contributed by atoms with Crippen LogP contribution < -0.4 is 20.3 Å². The largest absolute Gasteiger partial charge is 0.487 e. The molecule has 1 aromatic rings. The SMILES string of the molecule is CCC1(C)Cc2cc(NC(=O)/C(C=N)=C3\N=CC=CN3)c(N3CCOCC3)cc2O1. The number of rotatable bonds is 5. The summed E-state index contributed by atoms with van der Waals surface area (Å²) in [6, 6.07) is 4.02. The fourth-order valence-corrected chi connectivity index (χ4v) is 3.82. The van der Waals surface area contributed by atoms with Crippen LogP contribution in [0.3, 0.4) is 0 Å². The lowest BCUT2D eigenvalue weighted by molar-refractivity contribution is -0.112. The summed E-state index contributed by atoms with van der Waals surface area (Å²) in [6.45, 7) is 6.98. The van der Waals surface area contributed by atoms with Crippen LogP contribution >= 0.6 is 0 Å². The highest BCUT2D eigenvalue weighted by atomic mass is 16.5. The number of fused-ring (bicyclic) bond motifs is 1. The summed E-state index contributed by atoms with van der Waals surface area (Å²) in [5, 5.41) is 13.6. The number of carbonyl (C=O) groups excluding carboxylic acids is 1. The molecule has 30 heavy (non-hydrogen) atoms. The molecule has 0 aliphatic carbocycles. The Bertz CT molecular complexity index is 946. The van der Waals surface area contributed by atoms with E-state index >= 15 is 0 Å². The van der Waals surface area contributed by atoms with Crippen molar-refractivity contribution in [2.45, 2.75) is 32.3 Å². The molecule has 1 atom stereocenters. The molecular formula is C22H27N5O3. The van der Waals surface area contributed by atoms with Crippen molar-refractivity contribution in [2.24, 2.45) is 4.99 Å². The molecule has 4 rings (SSSR count). The summed E-state index contributed by atoms with van der Waals surface area (Å²) >= 11 is 0. The predicted octanol–water partition coefficient (Wildman–Crippen LogP) is 2.61. The Morgan fingerprint density at radius 1 is 1.40 bits per heavy atom. The minimum atomic E-state index is -0.383. The summed E-state index contributed by atoms with van der Waals surface area (Å²) in [7, 11) is 0. The second-order valence-corrected chi connectivity index (χ2v) is 7.80. The van der Waals surface area contributed by atoms with E-state index in [0.717, 1.165) is 49.1 Å². The van der Waals surface area contributed by atoms with Crippen molar-refractivity contribution >= 4 is 29.7 Å². The Balaban J connectivity index is 1.68. The van der Waals surface area contributed by atoms with Crippen LogP contribution in [-0.4, -0.2) is 50.2 Å². The lowest BCUT2D eigenvalue weighted by Crippen LogP contribution is -2.37. The molecule has 3 heterocycles. The summed E-state index contributed by atoms with van der Waals surface area (Å²) in [4.78, 5) is 19.4. The molecule has 3 N–H and O–H groups in total. The molecule has 1 aromatic carbocycles. The van der Waals surface area contributed by atoms with E-state index in [1.165, 1.54) is 0 Å². The number of ether oxygens (including phenoxy) is 2. The highest BCUT2D eigenvalue weighted by Crippen LogP contribution is 2.43. The third kappa shape index (κ3) is 3.95. The van der Waals surface area contributed by atoms with Gasteiger partial charge in [0, 0.05) is 49.8 Å². The zero-order valence-electron chi connectivity index (χ0n) is 17.3. The van der Waals surface area contributed by atoms with Gasteiger partial charge >= 0.3 is 0 Å². The normalized spacial score (nSPS) is 24.0. The Morgan fingerprint density at radius 3 is 2.87 bits per heavy atom. The van der Waals surface area contributed by atoms with E-state index in [0.29, 0.717) is 24.7 Å². The Labute approximate surface area is 176 Å². The van der Waals surface area contributed by atoms with Gasteiger partial charge in [0.15, 0.2) is 0 Å². The predicted molar refractivity (Wildman–Crippen MR) is 118 cm³/mol. The van der Waals surface area contributed by atoms with Gasteiger partial charge in [-0.3, -0.25) is 4.79 Å². The Kier molecular flexibility index (Phi) is 5.59. The van der Waals surface area contributed by atoms with Crippen molar-refractivity contribution in [2.75, 3.05) is 36.5 Å². The van der Waals surface area contributed by atoms with E-state index in [2.05, 4.69) is 34.4 Å². The van der Waals surface area contributed by atoms with Crippen molar-refractivity contribution in [1.82, 2.24) is 5.32 Å². The highest BCUT2D eigenvalue weighted by Gasteiger charge is 2.34. The maximum atomic E-state index is 13.0. The molecule has 8 heteroatoms. The number of nitrogens with one attached hydrogen (secondary N) is 3. The molecule has 0 spiro atoms. The average Bonchev–Trinajstić information content (AvgIpc) is 3.11. The number of allylic oxidation sites excluding steroid dienone is 1. The number of hydrogen-bond donors (Lipinski definition) is 3. The number of morpholine rings is 1. The third-order valence-electron chi connectivity index (χ3n) is 5.70. The molecule has 0 bridgehead atoms. The number of benzene rings is 1. The molecule has 8 nitrogen and oxygen atoms in total. The number of hydrogen-bond acceptors (Lipinski definition) is 7. The van der Waals surface area contributed by atoms with E-state index in [1.807, 2.05) is 12.1 Å². The molecule has 1 unspecified atom stereocenters. The minimum absolute atomic E-state index is 0.165. The van der Waals surface area contributed by atoms with Gasteiger partial charge in [-0.05, 0) is 25.5 Å². The maximum absolute atomic E-state index is 13.0. The van der Waals surface area contributed by atoms with E-state index in [4.69, 9.17) is 14.9 Å². The molecule has 0 radical (unpaired) electrons. The van der Waals surface area contributed by atoms with E-state index < -0.39 is 0 Å². The molecule has 0 saturated carbocycles. The van der Waals surface area contributed by atoms with Crippen LogP contribution in [0.15, 0.2) is 40.8 Å². The van der Waals surface area contributed by atoms with Gasteiger partial charge in [-0.15, -0.1) is 0 Å². The van der Waals surface area contributed by atoms with Crippen molar-refractivity contribution in [3.63, 3.8) is 0 Å². The number of aliphatic imine (C=N–C) groups is 1. The average molecular weight is 409 g/mol. The smallest absolute Gasteiger partial charge is 0.261 e. The van der Waals surface area contributed by atoms with Crippen LogP contribution in [0.25, 0.3) is 0 Å². The zero-order valence-corrected chi connectivity index (χ0v) is 17.3. The minimum Gasteiger partial charge on any atom is -0.487 e. The van der Waals surface area contributed by atoms with Gasteiger partial charge in [-0.25, -0.2) is 4.99 Å². The van der Waals surface area contributed by atoms with E-state index in [9.17, 15) is 4.79 Å². The van der Waals surface area contributed by atoms with Crippen LogP contribution in [0.4, 0.5) is 11.4 Å². The summed E-state index contributed by atoms with van der Waals surface area (Å²) in [5.41, 5.74) is 2.62. The first-order valence-electron chi connectivity index (χ1n) is 10.2. The molecule has 158 valence electrons. The van der Waals surface area contributed by atoms with Crippen LogP contribution in [0.2, 0.25) is 0 Å². The zero-order chi connectivity index (χ0) is 21.1. The van der Waals surface area contributed by atoms with Crippen molar-refractivity contribution in [3.8, 4) is 5.75 Å². The first-order valence-corrected chi connectivity index (χ1v) is 10.2. The molecule has 3 aliphatic heterocycles. The van der Waals surface area contributed by atoms with Crippen LogP contribution in [0, 0.1) is 5.41 Å². The number of amides is 1.